The highest BCUT2D eigenvalue weighted by atomic mass is 35.5. The SMILES string of the molecule is O=C1O[C@@H]2[C@H]3[C@@H]([C@H]1C[C@H]2O)N(c1ccc(Cl)cc1)C(=S)N3Cc1ccc(F)cc1. The molecule has 5 nitrogen and oxygen atoms in total. The Morgan fingerprint density at radius 3 is 2.52 bits per heavy atom. The van der Waals surface area contributed by atoms with Crippen LogP contribution >= 0.6 is 23.8 Å². The van der Waals surface area contributed by atoms with E-state index >= 15 is 0 Å². The zero-order chi connectivity index (χ0) is 20.3. The number of aliphatic hydroxyl groups excluding tert-OH is 1. The Balaban J connectivity index is 1.56. The van der Waals surface area contributed by atoms with Gasteiger partial charge in [-0.2, -0.15) is 0 Å². The molecule has 3 aliphatic heterocycles. The molecule has 3 saturated heterocycles. The second kappa shape index (κ2) is 6.93. The Hall–Kier alpha value is -2.22. The number of esters is 1. The van der Waals surface area contributed by atoms with Gasteiger partial charge in [-0.05, 0) is 60.6 Å². The number of thiocarbonyl (C=S) groups is 1. The largest absolute Gasteiger partial charge is 0.457 e. The van der Waals surface area contributed by atoms with E-state index in [1.54, 1.807) is 24.3 Å². The summed E-state index contributed by atoms with van der Waals surface area (Å²) in [7, 11) is 0. The summed E-state index contributed by atoms with van der Waals surface area (Å²) in [5.41, 5.74) is 1.72. The van der Waals surface area contributed by atoms with Crippen LogP contribution in [0.4, 0.5) is 10.1 Å². The van der Waals surface area contributed by atoms with Crippen LogP contribution in [0.1, 0.15) is 12.0 Å². The number of carbonyl (C=O) groups is 1. The maximum Gasteiger partial charge on any atom is 0.311 e. The molecule has 2 bridgehead atoms. The maximum atomic E-state index is 13.3. The van der Waals surface area contributed by atoms with Crippen molar-refractivity contribution in [3.05, 3.63) is 64.9 Å². The molecule has 3 heterocycles. The van der Waals surface area contributed by atoms with E-state index in [0.29, 0.717) is 23.1 Å². The van der Waals surface area contributed by atoms with Crippen LogP contribution in [0.15, 0.2) is 48.5 Å². The fourth-order valence-corrected chi connectivity index (χ4v) is 5.27. The molecule has 150 valence electrons. The molecular weight excluding hydrogens is 415 g/mol. The number of ether oxygens (including phenoxy) is 1. The highest BCUT2D eigenvalue weighted by Crippen LogP contribution is 2.46. The number of hydrogen-bond donors (Lipinski definition) is 1. The van der Waals surface area contributed by atoms with E-state index in [-0.39, 0.29) is 23.9 Å². The molecular formula is C21H18ClFN2O3S. The highest BCUT2D eigenvalue weighted by Gasteiger charge is 2.62. The predicted octanol–water partition coefficient (Wildman–Crippen LogP) is 3.13. The Morgan fingerprint density at radius 2 is 1.83 bits per heavy atom. The smallest absolute Gasteiger partial charge is 0.311 e. The van der Waals surface area contributed by atoms with Crippen LogP contribution in [0, 0.1) is 11.7 Å². The molecule has 1 N–H and O–H groups in total. The number of fused-ring (bicyclic) bond motifs is 2. The summed E-state index contributed by atoms with van der Waals surface area (Å²) in [4.78, 5) is 16.5. The van der Waals surface area contributed by atoms with Crippen LogP contribution in [0.3, 0.4) is 0 Å². The zero-order valence-corrected chi connectivity index (χ0v) is 16.8. The van der Waals surface area contributed by atoms with Gasteiger partial charge in [-0.15, -0.1) is 0 Å². The Kier molecular flexibility index (Phi) is 4.49. The van der Waals surface area contributed by atoms with Crippen molar-refractivity contribution in [3.63, 3.8) is 0 Å². The fraction of sp³-hybridized carbons (Fsp3) is 0.333. The minimum Gasteiger partial charge on any atom is -0.457 e. The summed E-state index contributed by atoms with van der Waals surface area (Å²) < 4.78 is 18.9. The summed E-state index contributed by atoms with van der Waals surface area (Å²) in [6.07, 6.45) is -1.04. The molecule has 1 saturated carbocycles. The average molecular weight is 433 g/mol. The van der Waals surface area contributed by atoms with E-state index in [1.807, 2.05) is 21.9 Å². The first kappa shape index (κ1) is 18.8. The van der Waals surface area contributed by atoms with Gasteiger partial charge in [-0.25, -0.2) is 4.39 Å². The molecule has 0 spiro atoms. The van der Waals surface area contributed by atoms with E-state index in [1.165, 1.54) is 12.1 Å². The van der Waals surface area contributed by atoms with Gasteiger partial charge >= 0.3 is 5.97 Å². The quantitative estimate of drug-likeness (QED) is 0.594. The van der Waals surface area contributed by atoms with Crippen molar-refractivity contribution in [1.82, 2.24) is 4.90 Å². The number of halogens is 2. The third-order valence-corrected chi connectivity index (χ3v) is 6.69. The molecule has 5 atom stereocenters. The highest BCUT2D eigenvalue weighted by molar-refractivity contribution is 7.80. The lowest BCUT2D eigenvalue weighted by atomic mass is 9.74. The monoisotopic (exact) mass is 432 g/mol. The van der Waals surface area contributed by atoms with Gasteiger partial charge in [0, 0.05) is 17.3 Å². The minimum atomic E-state index is -0.734. The second-order valence-corrected chi connectivity index (χ2v) is 8.48. The first-order valence-corrected chi connectivity index (χ1v) is 10.2. The van der Waals surface area contributed by atoms with Crippen LogP contribution in [0.5, 0.6) is 0 Å². The third kappa shape index (κ3) is 2.99. The topological polar surface area (TPSA) is 53.0 Å². The molecule has 0 radical (unpaired) electrons. The molecule has 8 heteroatoms. The predicted molar refractivity (Wildman–Crippen MR) is 110 cm³/mol. The van der Waals surface area contributed by atoms with E-state index in [9.17, 15) is 14.3 Å². The zero-order valence-electron chi connectivity index (χ0n) is 15.2. The van der Waals surface area contributed by atoms with Crippen molar-refractivity contribution in [2.24, 2.45) is 5.92 Å². The van der Waals surface area contributed by atoms with Gasteiger partial charge in [-0.1, -0.05) is 23.7 Å². The molecule has 6 rings (SSSR count). The summed E-state index contributed by atoms with van der Waals surface area (Å²) >= 11 is 11.9. The molecule has 4 aliphatic rings. The van der Waals surface area contributed by atoms with E-state index in [0.717, 1.165) is 11.3 Å². The number of carbonyl (C=O) groups excluding carboxylic acids is 1. The van der Waals surface area contributed by atoms with Crippen LogP contribution in [0.2, 0.25) is 5.02 Å². The summed E-state index contributed by atoms with van der Waals surface area (Å²) in [6, 6.07) is 13.0. The number of hydrogen-bond acceptors (Lipinski definition) is 4. The first-order chi connectivity index (χ1) is 13.9. The van der Waals surface area contributed by atoms with E-state index < -0.39 is 18.1 Å². The molecule has 1 aliphatic carbocycles. The lowest BCUT2D eigenvalue weighted by Crippen LogP contribution is -2.66. The van der Waals surface area contributed by atoms with Crippen molar-refractivity contribution in [2.45, 2.75) is 37.3 Å². The summed E-state index contributed by atoms with van der Waals surface area (Å²) in [5, 5.41) is 11.7. The standard InChI is InChI=1S/C21H18ClFN2O3S/c22-12-3-7-14(8-4-12)25-17-15-9-16(26)19(28-20(15)27)18(17)24(21(25)29)10-11-1-5-13(23)6-2-11/h1-8,15-19,26H,9-10H2/t15-,16-,17-,18-,19+/m1/s1. The third-order valence-electron chi connectivity index (χ3n) is 6.01. The van der Waals surface area contributed by atoms with Gasteiger partial charge in [0.2, 0.25) is 0 Å². The van der Waals surface area contributed by atoms with Gasteiger partial charge in [0.1, 0.15) is 11.9 Å². The van der Waals surface area contributed by atoms with Gasteiger partial charge in [0.25, 0.3) is 0 Å². The maximum absolute atomic E-state index is 13.3. The van der Waals surface area contributed by atoms with Crippen molar-refractivity contribution in [2.75, 3.05) is 4.90 Å². The van der Waals surface area contributed by atoms with Gasteiger partial charge < -0.3 is 19.6 Å². The lowest BCUT2D eigenvalue weighted by molar-refractivity contribution is -0.194. The van der Waals surface area contributed by atoms with Gasteiger partial charge in [-0.3, -0.25) is 4.79 Å². The Morgan fingerprint density at radius 1 is 1.14 bits per heavy atom. The van der Waals surface area contributed by atoms with Crippen molar-refractivity contribution in [3.8, 4) is 0 Å². The van der Waals surface area contributed by atoms with Crippen LogP contribution in [-0.2, 0) is 16.1 Å². The first-order valence-electron chi connectivity index (χ1n) is 9.42. The molecule has 0 aromatic heterocycles. The number of aliphatic hydroxyl groups is 1. The van der Waals surface area contributed by atoms with E-state index in [4.69, 9.17) is 28.6 Å². The van der Waals surface area contributed by atoms with Crippen LogP contribution < -0.4 is 4.90 Å². The van der Waals surface area contributed by atoms with Gasteiger partial charge in [0.05, 0.1) is 24.1 Å². The fourth-order valence-electron chi connectivity index (χ4n) is 4.73. The second-order valence-electron chi connectivity index (χ2n) is 7.68. The molecule has 0 unspecified atom stereocenters. The number of rotatable bonds is 3. The molecule has 29 heavy (non-hydrogen) atoms. The number of nitrogens with zero attached hydrogens (tertiary/aromatic N) is 2. The van der Waals surface area contributed by atoms with Gasteiger partial charge in [0.15, 0.2) is 5.11 Å². The van der Waals surface area contributed by atoms with Crippen LogP contribution in [0.25, 0.3) is 0 Å². The Bertz CT molecular complexity index is 971. The summed E-state index contributed by atoms with van der Waals surface area (Å²) in [6.45, 7) is 0.428. The lowest BCUT2D eigenvalue weighted by Gasteiger charge is -2.49. The van der Waals surface area contributed by atoms with Crippen molar-refractivity contribution >= 4 is 40.6 Å². The summed E-state index contributed by atoms with van der Waals surface area (Å²) in [5.74, 6) is -1.08. The molecule has 2 aromatic rings. The minimum absolute atomic E-state index is 0.237. The van der Waals surface area contributed by atoms with Crippen molar-refractivity contribution in [1.29, 1.82) is 0 Å². The molecule has 2 aromatic carbocycles. The number of benzene rings is 2. The van der Waals surface area contributed by atoms with Crippen LogP contribution in [-0.4, -0.2) is 45.4 Å². The molecule has 0 amide bonds. The normalized spacial score (nSPS) is 30.5. The van der Waals surface area contributed by atoms with Crippen molar-refractivity contribution < 1.29 is 19.0 Å². The average Bonchev–Trinajstić information content (AvgIpc) is 2.99. The number of anilines is 1. The van der Waals surface area contributed by atoms with E-state index in [2.05, 4.69) is 0 Å². The molecule has 4 fully saturated rings. The Labute approximate surface area is 177 Å².